The Morgan fingerprint density at radius 3 is 2.30 bits per heavy atom. The van der Waals surface area contributed by atoms with E-state index in [1.807, 2.05) is 0 Å². The summed E-state index contributed by atoms with van der Waals surface area (Å²) in [6, 6.07) is 8.56. The smallest absolute Gasteiger partial charge is 0.399 e. The zero-order chi connectivity index (χ0) is 15.2. The Morgan fingerprint density at radius 2 is 1.80 bits per heavy atom. The first-order valence-electron chi connectivity index (χ1n) is 5.69. The molecule has 0 heterocycles. The molecule has 1 aromatic rings. The molecule has 0 fully saturated rings. The highest BCUT2D eigenvalue weighted by Crippen LogP contribution is 2.30. The molecule has 20 heavy (non-hydrogen) atoms. The van der Waals surface area contributed by atoms with Gasteiger partial charge in [-0.1, -0.05) is 46.3 Å². The highest BCUT2D eigenvalue weighted by Gasteiger charge is 2.45. The van der Waals surface area contributed by atoms with Crippen molar-refractivity contribution in [1.29, 1.82) is 0 Å². The van der Waals surface area contributed by atoms with Crippen LogP contribution < -0.4 is 0 Å². The maximum atomic E-state index is 12.6. The van der Waals surface area contributed by atoms with Crippen molar-refractivity contribution in [2.75, 3.05) is 5.33 Å². The van der Waals surface area contributed by atoms with E-state index in [0.717, 1.165) is 0 Å². The fourth-order valence-electron chi connectivity index (χ4n) is 1.47. The Kier molecular flexibility index (Phi) is 6.19. The third-order valence-corrected chi connectivity index (χ3v) is 3.08. The van der Waals surface area contributed by atoms with Crippen molar-refractivity contribution < 1.29 is 27.5 Å². The lowest BCUT2D eigenvalue weighted by molar-refractivity contribution is -0.187. The van der Waals surface area contributed by atoms with Crippen molar-refractivity contribution in [3.63, 3.8) is 0 Å². The molecule has 0 amide bonds. The van der Waals surface area contributed by atoms with Crippen LogP contribution in [-0.4, -0.2) is 23.3 Å². The topological polar surface area (TPSA) is 43.4 Å². The quantitative estimate of drug-likeness (QED) is 0.583. The Labute approximate surface area is 122 Å². The molecule has 1 unspecified atom stereocenters. The predicted molar refractivity (Wildman–Crippen MR) is 69.2 cm³/mol. The summed E-state index contributed by atoms with van der Waals surface area (Å²) in [5.41, 5.74) is 0.663. The van der Waals surface area contributed by atoms with Crippen LogP contribution >= 0.6 is 15.9 Å². The third-order valence-electron chi connectivity index (χ3n) is 2.53. The van der Waals surface area contributed by atoms with E-state index in [4.69, 9.17) is 4.74 Å². The fourth-order valence-corrected chi connectivity index (χ4v) is 1.86. The zero-order valence-electron chi connectivity index (χ0n) is 10.3. The maximum absolute atomic E-state index is 12.6. The summed E-state index contributed by atoms with van der Waals surface area (Å²) in [6.45, 7) is -0.118. The summed E-state index contributed by atoms with van der Waals surface area (Å²) in [5.74, 6) is -4.47. The third kappa shape index (κ3) is 5.32. The molecule has 110 valence electrons. The molecule has 0 N–H and O–H groups in total. The van der Waals surface area contributed by atoms with E-state index in [0.29, 0.717) is 5.56 Å². The number of ether oxygens (including phenoxy) is 1. The molecule has 7 heteroatoms. The fraction of sp³-hybridized carbons (Fsp3) is 0.385. The van der Waals surface area contributed by atoms with Gasteiger partial charge in [0, 0.05) is 0 Å². The Hall–Kier alpha value is -1.37. The lowest BCUT2D eigenvalue weighted by Crippen LogP contribution is -2.34. The number of rotatable bonds is 6. The first kappa shape index (κ1) is 16.7. The number of ketones is 1. The summed E-state index contributed by atoms with van der Waals surface area (Å²) in [5, 5.41) is -0.455. The molecule has 0 bridgehead atoms. The number of alkyl halides is 4. The number of hydrogen-bond donors (Lipinski definition) is 0. The van der Waals surface area contributed by atoms with E-state index in [9.17, 15) is 22.8 Å². The van der Waals surface area contributed by atoms with Gasteiger partial charge in [-0.3, -0.25) is 9.59 Å². The van der Waals surface area contributed by atoms with Crippen LogP contribution in [-0.2, 0) is 20.9 Å². The van der Waals surface area contributed by atoms with Gasteiger partial charge in [0.05, 0.1) is 11.8 Å². The van der Waals surface area contributed by atoms with Crippen LogP contribution in [0.4, 0.5) is 13.2 Å². The van der Waals surface area contributed by atoms with Crippen molar-refractivity contribution in [2.45, 2.75) is 19.2 Å². The van der Waals surface area contributed by atoms with Gasteiger partial charge in [-0.05, 0) is 5.56 Å². The number of benzene rings is 1. The van der Waals surface area contributed by atoms with Gasteiger partial charge in [-0.25, -0.2) is 0 Å². The highest BCUT2D eigenvalue weighted by molar-refractivity contribution is 9.09. The maximum Gasteiger partial charge on any atom is 0.399 e. The molecule has 0 aliphatic carbocycles. The van der Waals surface area contributed by atoms with Gasteiger partial charge in [0.15, 0.2) is 5.78 Å². The highest BCUT2D eigenvalue weighted by atomic mass is 79.9. The minimum absolute atomic E-state index is 0.118. The van der Waals surface area contributed by atoms with Crippen molar-refractivity contribution in [3.05, 3.63) is 35.9 Å². The first-order valence-corrected chi connectivity index (χ1v) is 6.81. The van der Waals surface area contributed by atoms with Crippen LogP contribution in [0, 0.1) is 5.92 Å². The Bertz CT molecular complexity index is 460. The second kappa shape index (κ2) is 7.42. The summed E-state index contributed by atoms with van der Waals surface area (Å²) < 4.78 is 42.6. The predicted octanol–water partition coefficient (Wildman–Crippen LogP) is 3.26. The minimum atomic E-state index is -4.75. The molecular formula is C13H12BrF3O3. The second-order valence-electron chi connectivity index (χ2n) is 4.04. The van der Waals surface area contributed by atoms with E-state index < -0.39 is 35.6 Å². The second-order valence-corrected chi connectivity index (χ2v) is 4.61. The van der Waals surface area contributed by atoms with E-state index in [-0.39, 0.29) is 6.61 Å². The van der Waals surface area contributed by atoms with Gasteiger partial charge in [0.1, 0.15) is 12.5 Å². The molecule has 3 nitrogen and oxygen atoms in total. The van der Waals surface area contributed by atoms with Gasteiger partial charge < -0.3 is 4.74 Å². The van der Waals surface area contributed by atoms with Gasteiger partial charge in [0.2, 0.25) is 0 Å². The average Bonchev–Trinajstić information content (AvgIpc) is 2.41. The van der Waals surface area contributed by atoms with Crippen molar-refractivity contribution in [2.24, 2.45) is 5.92 Å². The van der Waals surface area contributed by atoms with Crippen molar-refractivity contribution in [1.82, 2.24) is 0 Å². The monoisotopic (exact) mass is 352 g/mol. The minimum Gasteiger partial charge on any atom is -0.461 e. The molecule has 0 saturated carbocycles. The molecule has 1 atom stereocenters. The lowest BCUT2D eigenvalue weighted by atomic mass is 10.0. The SMILES string of the molecule is O=C(CC(C(=O)CBr)C(F)(F)F)OCc1ccccc1. The van der Waals surface area contributed by atoms with Gasteiger partial charge in [-0.15, -0.1) is 0 Å². The molecule has 0 aromatic heterocycles. The van der Waals surface area contributed by atoms with Crippen LogP contribution in [0.25, 0.3) is 0 Å². The number of carbonyl (C=O) groups excluding carboxylic acids is 2. The van der Waals surface area contributed by atoms with Crippen molar-refractivity contribution in [3.8, 4) is 0 Å². The van der Waals surface area contributed by atoms with E-state index in [1.165, 1.54) is 0 Å². The zero-order valence-corrected chi connectivity index (χ0v) is 11.9. The molecule has 0 spiro atoms. The van der Waals surface area contributed by atoms with E-state index >= 15 is 0 Å². The largest absolute Gasteiger partial charge is 0.461 e. The summed E-state index contributed by atoms with van der Waals surface area (Å²) in [6.07, 6.45) is -5.75. The number of halogens is 4. The van der Waals surface area contributed by atoms with Gasteiger partial charge >= 0.3 is 12.1 Å². The Balaban J connectivity index is 2.57. The van der Waals surface area contributed by atoms with Crippen LogP contribution in [0.15, 0.2) is 30.3 Å². The van der Waals surface area contributed by atoms with Crippen LogP contribution in [0.2, 0.25) is 0 Å². The molecule has 0 aliphatic rings. The van der Waals surface area contributed by atoms with Crippen LogP contribution in [0.1, 0.15) is 12.0 Å². The molecule has 1 rings (SSSR count). The standard InChI is InChI=1S/C13H12BrF3O3/c14-7-11(18)10(13(15,16)17)6-12(19)20-8-9-4-2-1-3-5-9/h1-5,10H,6-8H2. The van der Waals surface area contributed by atoms with E-state index in [2.05, 4.69) is 15.9 Å². The normalized spacial score (nSPS) is 12.8. The summed E-state index contributed by atoms with van der Waals surface area (Å²) >= 11 is 2.67. The van der Waals surface area contributed by atoms with Gasteiger partial charge in [0.25, 0.3) is 0 Å². The number of hydrogen-bond acceptors (Lipinski definition) is 3. The van der Waals surface area contributed by atoms with Gasteiger partial charge in [-0.2, -0.15) is 13.2 Å². The first-order chi connectivity index (χ1) is 9.34. The lowest BCUT2D eigenvalue weighted by Gasteiger charge is -2.17. The molecular weight excluding hydrogens is 341 g/mol. The number of Topliss-reactive ketones (excluding diaryl/α,β-unsaturated/α-hetero) is 1. The molecule has 0 aliphatic heterocycles. The summed E-state index contributed by atoms with van der Waals surface area (Å²) in [7, 11) is 0. The average molecular weight is 353 g/mol. The van der Waals surface area contributed by atoms with Crippen LogP contribution in [0.5, 0.6) is 0 Å². The number of carbonyl (C=O) groups is 2. The molecule has 0 radical (unpaired) electrons. The van der Waals surface area contributed by atoms with E-state index in [1.54, 1.807) is 30.3 Å². The molecule has 0 saturated heterocycles. The van der Waals surface area contributed by atoms with Crippen molar-refractivity contribution >= 4 is 27.7 Å². The van der Waals surface area contributed by atoms with Crippen LogP contribution in [0.3, 0.4) is 0 Å². The number of esters is 1. The summed E-state index contributed by atoms with van der Waals surface area (Å²) in [4.78, 5) is 22.6. The Morgan fingerprint density at radius 1 is 1.20 bits per heavy atom. The molecule has 1 aromatic carbocycles.